The Morgan fingerprint density at radius 2 is 1.96 bits per heavy atom. The van der Waals surface area contributed by atoms with Crippen LogP contribution < -0.4 is 10.6 Å². The summed E-state index contributed by atoms with van der Waals surface area (Å²) in [6.07, 6.45) is 7.27. The van der Waals surface area contributed by atoms with Gasteiger partial charge in [-0.3, -0.25) is 14.4 Å². The summed E-state index contributed by atoms with van der Waals surface area (Å²) >= 11 is 0. The Bertz CT molecular complexity index is 710. The molecule has 3 rings (SSSR count). The average Bonchev–Trinajstić information content (AvgIpc) is 3.02. The first kappa shape index (κ1) is 18.2. The number of amides is 3. The van der Waals surface area contributed by atoms with E-state index in [9.17, 15) is 14.4 Å². The number of likely N-dealkylation sites (tertiary alicyclic amines) is 1. The summed E-state index contributed by atoms with van der Waals surface area (Å²) in [5, 5.41) is 5.59. The molecule has 1 aromatic carbocycles. The molecule has 3 amide bonds. The van der Waals surface area contributed by atoms with Crippen molar-refractivity contribution in [2.45, 2.75) is 50.6 Å². The van der Waals surface area contributed by atoms with Crippen molar-refractivity contribution in [3.05, 3.63) is 42.5 Å². The molecule has 1 unspecified atom stereocenters. The van der Waals surface area contributed by atoms with Crippen LogP contribution in [0.2, 0.25) is 0 Å². The summed E-state index contributed by atoms with van der Waals surface area (Å²) in [5.41, 5.74) is 0.990. The van der Waals surface area contributed by atoms with Crippen LogP contribution >= 0.6 is 0 Å². The second-order valence-electron chi connectivity index (χ2n) is 6.99. The van der Waals surface area contributed by atoms with Crippen molar-refractivity contribution in [3.63, 3.8) is 0 Å². The van der Waals surface area contributed by atoms with Crippen molar-refractivity contribution in [3.8, 4) is 0 Å². The highest BCUT2D eigenvalue weighted by Gasteiger charge is 2.35. The molecule has 26 heavy (non-hydrogen) atoms. The zero-order valence-corrected chi connectivity index (χ0v) is 14.9. The van der Waals surface area contributed by atoms with E-state index in [-0.39, 0.29) is 23.8 Å². The smallest absolute Gasteiger partial charge is 0.251 e. The Hall–Kier alpha value is -2.63. The van der Waals surface area contributed by atoms with Gasteiger partial charge in [0.25, 0.3) is 5.91 Å². The molecule has 2 fully saturated rings. The van der Waals surface area contributed by atoms with Gasteiger partial charge in [-0.15, -0.1) is 0 Å². The first-order valence-corrected chi connectivity index (χ1v) is 9.20. The number of benzene rings is 1. The lowest BCUT2D eigenvalue weighted by molar-refractivity contribution is -0.130. The van der Waals surface area contributed by atoms with Gasteiger partial charge in [0.05, 0.1) is 6.04 Å². The van der Waals surface area contributed by atoms with Crippen LogP contribution in [0.4, 0.5) is 5.69 Å². The zero-order valence-electron chi connectivity index (χ0n) is 14.9. The fourth-order valence-electron chi connectivity index (χ4n) is 3.77. The maximum absolute atomic E-state index is 12.5. The van der Waals surface area contributed by atoms with E-state index < -0.39 is 0 Å². The molecule has 0 radical (unpaired) electrons. The maximum Gasteiger partial charge on any atom is 0.251 e. The third-order valence-corrected chi connectivity index (χ3v) is 5.09. The van der Waals surface area contributed by atoms with E-state index in [4.69, 9.17) is 0 Å². The highest BCUT2D eigenvalue weighted by molar-refractivity contribution is 6.01. The van der Waals surface area contributed by atoms with E-state index in [2.05, 4.69) is 17.2 Å². The van der Waals surface area contributed by atoms with Crippen molar-refractivity contribution in [1.82, 2.24) is 10.2 Å². The van der Waals surface area contributed by atoms with Crippen LogP contribution in [-0.2, 0) is 9.59 Å². The van der Waals surface area contributed by atoms with Crippen LogP contribution in [0.3, 0.4) is 0 Å². The molecule has 0 spiro atoms. The molecule has 0 aromatic heterocycles. The van der Waals surface area contributed by atoms with Crippen LogP contribution in [0.25, 0.3) is 0 Å². The molecule has 2 aliphatic rings. The van der Waals surface area contributed by atoms with Crippen molar-refractivity contribution in [2.24, 2.45) is 0 Å². The van der Waals surface area contributed by atoms with Gasteiger partial charge in [0.15, 0.2) is 0 Å². The number of hydrogen-bond acceptors (Lipinski definition) is 3. The highest BCUT2D eigenvalue weighted by Crippen LogP contribution is 2.26. The van der Waals surface area contributed by atoms with E-state index >= 15 is 0 Å². The second kappa shape index (κ2) is 8.17. The Kier molecular flexibility index (Phi) is 5.71. The van der Waals surface area contributed by atoms with Crippen LogP contribution in [0, 0.1) is 0 Å². The van der Waals surface area contributed by atoms with Gasteiger partial charge in [-0.2, -0.15) is 0 Å². The highest BCUT2D eigenvalue weighted by atomic mass is 16.2. The summed E-state index contributed by atoms with van der Waals surface area (Å²) in [6, 6.07) is 6.89. The predicted molar refractivity (Wildman–Crippen MR) is 99.7 cm³/mol. The van der Waals surface area contributed by atoms with Crippen LogP contribution in [0.5, 0.6) is 0 Å². The molecule has 1 aromatic rings. The van der Waals surface area contributed by atoms with Gasteiger partial charge < -0.3 is 15.5 Å². The Labute approximate surface area is 153 Å². The number of rotatable bonds is 5. The van der Waals surface area contributed by atoms with E-state index in [0.29, 0.717) is 30.3 Å². The van der Waals surface area contributed by atoms with E-state index in [1.807, 2.05) is 4.90 Å². The maximum atomic E-state index is 12.5. The van der Waals surface area contributed by atoms with Gasteiger partial charge in [-0.25, -0.2) is 0 Å². The molecule has 6 nitrogen and oxygen atoms in total. The van der Waals surface area contributed by atoms with Gasteiger partial charge in [0, 0.05) is 30.3 Å². The van der Waals surface area contributed by atoms with Crippen molar-refractivity contribution >= 4 is 23.4 Å². The third-order valence-electron chi connectivity index (χ3n) is 5.09. The standard InChI is InChI=1S/C20H25N3O3/c1-2-18(24)21-15-8-6-7-14(11-15)20(26)22-16-12-19(25)23(13-16)17-9-4-3-5-10-17/h2,6-8,11,16-17H,1,3-5,9-10,12-13H2,(H,21,24)(H,22,26). The second-order valence-corrected chi connectivity index (χ2v) is 6.99. The number of nitrogens with zero attached hydrogens (tertiary/aromatic N) is 1. The summed E-state index contributed by atoms with van der Waals surface area (Å²) in [5.74, 6) is -0.427. The molecule has 2 N–H and O–H groups in total. The van der Waals surface area contributed by atoms with Crippen molar-refractivity contribution in [2.75, 3.05) is 11.9 Å². The average molecular weight is 355 g/mol. The first-order chi connectivity index (χ1) is 12.6. The van der Waals surface area contributed by atoms with E-state index in [1.165, 1.54) is 25.3 Å². The van der Waals surface area contributed by atoms with Crippen LogP contribution in [0.15, 0.2) is 36.9 Å². The summed E-state index contributed by atoms with van der Waals surface area (Å²) in [4.78, 5) is 38.2. The molecule has 1 saturated heterocycles. The molecule has 6 heteroatoms. The van der Waals surface area contributed by atoms with E-state index in [1.54, 1.807) is 24.3 Å². The predicted octanol–water partition coefficient (Wildman–Crippen LogP) is 2.47. The molecule has 138 valence electrons. The molecule has 1 aliphatic carbocycles. The molecule has 1 saturated carbocycles. The van der Waals surface area contributed by atoms with Crippen LogP contribution in [0.1, 0.15) is 48.9 Å². The lowest BCUT2D eigenvalue weighted by Crippen LogP contribution is -2.41. The van der Waals surface area contributed by atoms with Gasteiger partial charge in [0.2, 0.25) is 11.8 Å². The fraction of sp³-hybridized carbons (Fsp3) is 0.450. The molecule has 0 bridgehead atoms. The lowest BCUT2D eigenvalue weighted by Gasteiger charge is -2.31. The number of carbonyl (C=O) groups is 3. The number of anilines is 1. The Balaban J connectivity index is 1.59. The summed E-state index contributed by atoms with van der Waals surface area (Å²) in [6.45, 7) is 3.99. The molecule has 1 heterocycles. The van der Waals surface area contributed by atoms with Gasteiger partial charge in [0.1, 0.15) is 0 Å². The van der Waals surface area contributed by atoms with Crippen molar-refractivity contribution in [1.29, 1.82) is 0 Å². The fourth-order valence-corrected chi connectivity index (χ4v) is 3.77. The largest absolute Gasteiger partial charge is 0.347 e. The minimum atomic E-state index is -0.327. The van der Waals surface area contributed by atoms with E-state index in [0.717, 1.165) is 12.8 Å². The van der Waals surface area contributed by atoms with Gasteiger partial charge in [-0.1, -0.05) is 31.9 Å². The molecular formula is C20H25N3O3. The monoisotopic (exact) mass is 355 g/mol. The third kappa shape index (κ3) is 4.31. The molecule has 1 atom stereocenters. The van der Waals surface area contributed by atoms with Gasteiger partial charge in [-0.05, 0) is 37.1 Å². The number of hydrogen-bond donors (Lipinski definition) is 2. The first-order valence-electron chi connectivity index (χ1n) is 9.20. The topological polar surface area (TPSA) is 78.5 Å². The number of nitrogens with one attached hydrogen (secondary N) is 2. The SMILES string of the molecule is C=CC(=O)Nc1cccc(C(=O)NC2CC(=O)N(C3CCCCC3)C2)c1. The molecular weight excluding hydrogens is 330 g/mol. The van der Waals surface area contributed by atoms with Crippen LogP contribution in [-0.4, -0.2) is 41.2 Å². The van der Waals surface area contributed by atoms with Gasteiger partial charge >= 0.3 is 0 Å². The summed E-state index contributed by atoms with van der Waals surface area (Å²) in [7, 11) is 0. The quantitative estimate of drug-likeness (QED) is 0.797. The number of carbonyl (C=O) groups excluding carboxylic acids is 3. The summed E-state index contributed by atoms with van der Waals surface area (Å²) < 4.78 is 0. The Morgan fingerprint density at radius 1 is 1.19 bits per heavy atom. The Morgan fingerprint density at radius 3 is 2.69 bits per heavy atom. The normalized spacial score (nSPS) is 20.7. The minimum absolute atomic E-state index is 0.134. The minimum Gasteiger partial charge on any atom is -0.347 e. The van der Waals surface area contributed by atoms with Crippen molar-refractivity contribution < 1.29 is 14.4 Å². The zero-order chi connectivity index (χ0) is 18.5. The lowest BCUT2D eigenvalue weighted by atomic mass is 9.94. The molecule has 1 aliphatic heterocycles.